The number of benzene rings is 1. The number of aryl methyl sites for hydroxylation is 1. The Morgan fingerprint density at radius 1 is 1.37 bits per heavy atom. The highest BCUT2D eigenvalue weighted by Crippen LogP contribution is 2.20. The van der Waals surface area contributed by atoms with Gasteiger partial charge in [0, 0.05) is 42.4 Å². The van der Waals surface area contributed by atoms with E-state index in [9.17, 15) is 4.39 Å². The van der Waals surface area contributed by atoms with Gasteiger partial charge in [0.25, 0.3) is 0 Å². The van der Waals surface area contributed by atoms with Gasteiger partial charge in [0.15, 0.2) is 5.96 Å². The van der Waals surface area contributed by atoms with Gasteiger partial charge in [0.2, 0.25) is 0 Å². The summed E-state index contributed by atoms with van der Waals surface area (Å²) in [5, 5.41) is 7.87. The zero-order chi connectivity index (χ0) is 18.4. The number of nitrogens with zero attached hydrogens (tertiary/aromatic N) is 3. The predicted octanol–water partition coefficient (Wildman–Crippen LogP) is 3.93. The van der Waals surface area contributed by atoms with Crippen molar-refractivity contribution in [3.8, 4) is 0 Å². The molecule has 2 heterocycles. The molecule has 1 aromatic carbocycles. The monoisotopic (exact) mass is 503 g/mol. The number of halogens is 2. The minimum Gasteiger partial charge on any atom is -0.371 e. The summed E-state index contributed by atoms with van der Waals surface area (Å²) in [6.45, 7) is 7.36. The summed E-state index contributed by atoms with van der Waals surface area (Å²) >= 11 is 1.68. The molecule has 1 aromatic heterocycles. The highest BCUT2D eigenvalue weighted by Gasteiger charge is 2.20. The quantitative estimate of drug-likeness (QED) is 0.369. The molecule has 0 unspecified atom stereocenters. The number of hydrogen-bond acceptors (Lipinski definition) is 4. The van der Waals surface area contributed by atoms with E-state index in [-0.39, 0.29) is 29.8 Å². The van der Waals surface area contributed by atoms with Crippen LogP contribution in [-0.4, -0.2) is 36.6 Å². The third-order valence-electron chi connectivity index (χ3n) is 4.39. The van der Waals surface area contributed by atoms with Crippen molar-refractivity contribution in [2.45, 2.75) is 39.3 Å². The second kappa shape index (κ2) is 10.8. The van der Waals surface area contributed by atoms with Crippen LogP contribution in [0.1, 0.15) is 29.7 Å². The molecule has 27 heavy (non-hydrogen) atoms. The van der Waals surface area contributed by atoms with Crippen molar-refractivity contribution < 1.29 is 4.39 Å². The number of aliphatic imine (C=N–C) groups is 1. The summed E-state index contributed by atoms with van der Waals surface area (Å²) < 4.78 is 13.4. The van der Waals surface area contributed by atoms with E-state index in [0.717, 1.165) is 49.1 Å². The third-order valence-corrected chi connectivity index (χ3v) is 5.29. The Hall–Kier alpha value is -1.42. The summed E-state index contributed by atoms with van der Waals surface area (Å²) in [6.07, 6.45) is 3.88. The van der Waals surface area contributed by atoms with E-state index in [2.05, 4.69) is 39.4 Å². The van der Waals surface area contributed by atoms with E-state index in [1.165, 1.54) is 10.9 Å². The number of aromatic nitrogens is 1. The number of guanidine groups is 1. The molecule has 1 fully saturated rings. The van der Waals surface area contributed by atoms with Gasteiger partial charge in [0.05, 0.1) is 6.54 Å². The lowest BCUT2D eigenvalue weighted by Crippen LogP contribution is -2.48. The molecular formula is C19H27FIN5S. The Kier molecular flexibility index (Phi) is 8.75. The molecule has 0 amide bonds. The fourth-order valence-corrected chi connectivity index (χ4v) is 3.80. The van der Waals surface area contributed by atoms with Crippen LogP contribution in [0.5, 0.6) is 0 Å². The van der Waals surface area contributed by atoms with Crippen LogP contribution in [0.3, 0.4) is 0 Å². The van der Waals surface area contributed by atoms with E-state index in [1.54, 1.807) is 23.5 Å². The zero-order valence-corrected chi connectivity index (χ0v) is 18.9. The maximum Gasteiger partial charge on any atom is 0.191 e. The van der Waals surface area contributed by atoms with Gasteiger partial charge >= 0.3 is 0 Å². The van der Waals surface area contributed by atoms with Crippen LogP contribution < -0.4 is 15.5 Å². The van der Waals surface area contributed by atoms with Crippen LogP contribution in [0.4, 0.5) is 10.1 Å². The molecule has 1 aliphatic heterocycles. The normalized spacial score (nSPS) is 15.4. The van der Waals surface area contributed by atoms with E-state index in [4.69, 9.17) is 0 Å². The maximum absolute atomic E-state index is 13.4. The molecule has 0 spiro atoms. The van der Waals surface area contributed by atoms with Gasteiger partial charge in [-0.15, -0.1) is 35.3 Å². The number of nitrogens with one attached hydrogen (secondary N) is 2. The Morgan fingerprint density at radius 2 is 2.15 bits per heavy atom. The molecule has 2 aromatic rings. The molecule has 5 nitrogen and oxygen atoms in total. The first-order valence-corrected chi connectivity index (χ1v) is 9.92. The fraction of sp³-hybridized carbons (Fsp3) is 0.474. The maximum atomic E-state index is 13.4. The fourth-order valence-electron chi connectivity index (χ4n) is 3.09. The van der Waals surface area contributed by atoms with E-state index < -0.39 is 0 Å². The van der Waals surface area contributed by atoms with Crippen molar-refractivity contribution >= 4 is 47.0 Å². The number of thiazole rings is 1. The second-order valence-electron chi connectivity index (χ2n) is 6.45. The lowest BCUT2D eigenvalue weighted by molar-refractivity contribution is 0.461. The third kappa shape index (κ3) is 6.60. The first-order chi connectivity index (χ1) is 12.6. The average molecular weight is 503 g/mol. The SMILES string of the molecule is CCNC(=NCc1ncc(C)s1)NC1CCN(c2cccc(F)c2)CC1.I. The molecule has 0 bridgehead atoms. The van der Waals surface area contributed by atoms with Crippen molar-refractivity contribution in [1.82, 2.24) is 15.6 Å². The lowest BCUT2D eigenvalue weighted by atomic mass is 10.0. The smallest absolute Gasteiger partial charge is 0.191 e. The van der Waals surface area contributed by atoms with Gasteiger partial charge in [-0.05, 0) is 44.9 Å². The Labute approximate surface area is 181 Å². The predicted molar refractivity (Wildman–Crippen MR) is 122 cm³/mol. The molecule has 0 saturated carbocycles. The average Bonchev–Trinajstić information content (AvgIpc) is 3.06. The summed E-state index contributed by atoms with van der Waals surface area (Å²) in [4.78, 5) is 12.5. The van der Waals surface area contributed by atoms with Crippen LogP contribution >= 0.6 is 35.3 Å². The van der Waals surface area contributed by atoms with Crippen molar-refractivity contribution in [1.29, 1.82) is 0 Å². The highest BCUT2D eigenvalue weighted by molar-refractivity contribution is 14.0. The molecule has 1 aliphatic rings. The molecule has 0 aliphatic carbocycles. The van der Waals surface area contributed by atoms with Gasteiger partial charge in [-0.25, -0.2) is 14.4 Å². The number of hydrogen-bond donors (Lipinski definition) is 2. The molecule has 148 valence electrons. The molecular weight excluding hydrogens is 476 g/mol. The first kappa shape index (κ1) is 21.9. The van der Waals surface area contributed by atoms with Crippen LogP contribution in [0.15, 0.2) is 35.5 Å². The van der Waals surface area contributed by atoms with Gasteiger partial charge < -0.3 is 15.5 Å². The first-order valence-electron chi connectivity index (χ1n) is 9.10. The summed E-state index contributed by atoms with van der Waals surface area (Å²) in [6, 6.07) is 7.20. The van der Waals surface area contributed by atoms with Crippen molar-refractivity contribution in [3.05, 3.63) is 46.2 Å². The Balaban J connectivity index is 0.00000261. The summed E-state index contributed by atoms with van der Waals surface area (Å²) in [7, 11) is 0. The molecule has 8 heteroatoms. The zero-order valence-electron chi connectivity index (χ0n) is 15.7. The number of anilines is 1. The molecule has 2 N–H and O–H groups in total. The molecule has 0 radical (unpaired) electrons. The van der Waals surface area contributed by atoms with Crippen molar-refractivity contribution in [3.63, 3.8) is 0 Å². The standard InChI is InChI=1S/C19H26FN5S.HI/c1-3-21-19(23-13-18-22-12-14(2)26-18)24-16-7-9-25(10-8-16)17-6-4-5-15(20)11-17;/h4-6,11-12,16H,3,7-10,13H2,1-2H3,(H2,21,23,24);1H. The van der Waals surface area contributed by atoms with Crippen LogP contribution in [0.25, 0.3) is 0 Å². The van der Waals surface area contributed by atoms with Gasteiger partial charge in [-0.3, -0.25) is 0 Å². The molecule has 3 rings (SSSR count). The molecule has 1 saturated heterocycles. The summed E-state index contributed by atoms with van der Waals surface area (Å²) in [5.41, 5.74) is 0.961. The minimum atomic E-state index is -0.179. The van der Waals surface area contributed by atoms with Gasteiger partial charge in [-0.1, -0.05) is 6.07 Å². The second-order valence-corrected chi connectivity index (χ2v) is 7.76. The largest absolute Gasteiger partial charge is 0.371 e. The van der Waals surface area contributed by atoms with Crippen molar-refractivity contribution in [2.24, 2.45) is 4.99 Å². The Bertz CT molecular complexity index is 743. The molecule has 0 atom stereocenters. The highest BCUT2D eigenvalue weighted by atomic mass is 127. The van der Waals surface area contributed by atoms with E-state index >= 15 is 0 Å². The lowest BCUT2D eigenvalue weighted by Gasteiger charge is -2.34. The van der Waals surface area contributed by atoms with Gasteiger partial charge in [-0.2, -0.15) is 0 Å². The van der Waals surface area contributed by atoms with Crippen LogP contribution in [-0.2, 0) is 6.54 Å². The van der Waals surface area contributed by atoms with Crippen LogP contribution in [0, 0.1) is 12.7 Å². The van der Waals surface area contributed by atoms with E-state index in [1.807, 2.05) is 12.3 Å². The Morgan fingerprint density at radius 3 is 2.78 bits per heavy atom. The number of piperidine rings is 1. The van der Waals surface area contributed by atoms with Crippen molar-refractivity contribution in [2.75, 3.05) is 24.5 Å². The topological polar surface area (TPSA) is 52.6 Å². The minimum absolute atomic E-state index is 0. The number of rotatable bonds is 5. The van der Waals surface area contributed by atoms with E-state index in [0.29, 0.717) is 12.6 Å². The van der Waals surface area contributed by atoms with Crippen LogP contribution in [0.2, 0.25) is 0 Å². The van der Waals surface area contributed by atoms with Gasteiger partial charge in [0.1, 0.15) is 10.8 Å². The summed E-state index contributed by atoms with van der Waals surface area (Å²) in [5.74, 6) is 0.659.